The van der Waals surface area contributed by atoms with E-state index >= 15 is 0 Å². The molecular weight excluding hydrogens is 212 g/mol. The molecule has 1 aromatic rings. The highest BCUT2D eigenvalue weighted by Gasteiger charge is 2.33. The van der Waals surface area contributed by atoms with Gasteiger partial charge in [-0.15, -0.1) is 5.10 Å². The van der Waals surface area contributed by atoms with E-state index in [2.05, 4.69) is 21.1 Å². The summed E-state index contributed by atoms with van der Waals surface area (Å²) in [6.45, 7) is 0. The monoisotopic (exact) mass is 230 g/mol. The van der Waals surface area contributed by atoms with Gasteiger partial charge in [-0.25, -0.2) is 4.68 Å². The maximum Gasteiger partial charge on any atom is 0.100 e. The lowest BCUT2D eigenvalue weighted by Gasteiger charge is -2.23. The number of aromatic nitrogens is 3. The maximum atomic E-state index is 8.84. The van der Waals surface area contributed by atoms with Crippen LogP contribution in [0.5, 0.6) is 0 Å². The third kappa shape index (κ3) is 2.06. The Morgan fingerprint density at radius 1 is 1.18 bits per heavy atom. The van der Waals surface area contributed by atoms with E-state index < -0.39 is 0 Å². The number of rotatable bonds is 3. The van der Waals surface area contributed by atoms with Crippen molar-refractivity contribution in [2.75, 3.05) is 0 Å². The van der Waals surface area contributed by atoms with Gasteiger partial charge in [-0.05, 0) is 25.7 Å². The Morgan fingerprint density at radius 2 is 1.94 bits per heavy atom. The summed E-state index contributed by atoms with van der Waals surface area (Å²) in [5, 5.41) is 17.4. The molecule has 1 aromatic heterocycles. The van der Waals surface area contributed by atoms with E-state index in [4.69, 9.17) is 5.26 Å². The largest absolute Gasteiger partial charge is 0.246 e. The fourth-order valence-corrected chi connectivity index (χ4v) is 2.91. The molecule has 0 saturated heterocycles. The summed E-state index contributed by atoms with van der Waals surface area (Å²) in [5.74, 6) is 0.635. The molecule has 0 amide bonds. The lowest BCUT2D eigenvalue weighted by molar-refractivity contribution is 0.317. The Balaban J connectivity index is 1.90. The summed E-state index contributed by atoms with van der Waals surface area (Å²) in [5.41, 5.74) is 2.21. The molecule has 0 atom stereocenters. The third-order valence-corrected chi connectivity index (χ3v) is 3.94. The predicted molar refractivity (Wildman–Crippen MR) is 63.4 cm³/mol. The Labute approximate surface area is 102 Å². The van der Waals surface area contributed by atoms with Crippen LogP contribution in [0.25, 0.3) is 0 Å². The first kappa shape index (κ1) is 10.8. The molecule has 2 fully saturated rings. The average molecular weight is 230 g/mol. The molecule has 2 aliphatic carbocycles. The summed E-state index contributed by atoms with van der Waals surface area (Å²) in [6.07, 6.45) is 9.35. The Morgan fingerprint density at radius 3 is 2.59 bits per heavy atom. The van der Waals surface area contributed by atoms with E-state index in [-0.39, 0.29) is 0 Å². The minimum atomic E-state index is 0.415. The summed E-state index contributed by atoms with van der Waals surface area (Å²) in [6, 6.07) is 2.75. The molecule has 3 rings (SSSR count). The zero-order chi connectivity index (χ0) is 11.7. The van der Waals surface area contributed by atoms with E-state index in [9.17, 15) is 0 Å². The quantitative estimate of drug-likeness (QED) is 0.802. The number of hydrogen-bond acceptors (Lipinski definition) is 3. The van der Waals surface area contributed by atoms with Crippen molar-refractivity contribution < 1.29 is 0 Å². The predicted octanol–water partition coefficient (Wildman–Crippen LogP) is 2.73. The smallest absolute Gasteiger partial charge is 0.100 e. The highest BCUT2D eigenvalue weighted by Crippen LogP contribution is 2.43. The van der Waals surface area contributed by atoms with Crippen LogP contribution < -0.4 is 0 Å². The average Bonchev–Trinajstić information content (AvgIpc) is 3.12. The van der Waals surface area contributed by atoms with Gasteiger partial charge in [-0.3, -0.25) is 0 Å². The van der Waals surface area contributed by atoms with Crippen LogP contribution in [-0.4, -0.2) is 15.0 Å². The minimum Gasteiger partial charge on any atom is -0.246 e. The van der Waals surface area contributed by atoms with Crippen molar-refractivity contribution in [3.8, 4) is 6.07 Å². The van der Waals surface area contributed by atoms with Gasteiger partial charge in [0, 0.05) is 5.92 Å². The topological polar surface area (TPSA) is 54.5 Å². The molecule has 1 heterocycles. The van der Waals surface area contributed by atoms with Crippen molar-refractivity contribution >= 4 is 0 Å². The van der Waals surface area contributed by atoms with Crippen LogP contribution in [0, 0.1) is 11.3 Å². The van der Waals surface area contributed by atoms with Crippen LogP contribution in [0.3, 0.4) is 0 Å². The maximum absolute atomic E-state index is 8.84. The van der Waals surface area contributed by atoms with E-state index in [1.165, 1.54) is 50.6 Å². The van der Waals surface area contributed by atoms with Crippen LogP contribution >= 0.6 is 0 Å². The zero-order valence-electron chi connectivity index (χ0n) is 10.1. The van der Waals surface area contributed by atoms with Gasteiger partial charge >= 0.3 is 0 Å². The first-order chi connectivity index (χ1) is 8.40. The lowest BCUT2D eigenvalue weighted by Crippen LogP contribution is -2.16. The van der Waals surface area contributed by atoms with Crippen LogP contribution in [-0.2, 0) is 6.42 Å². The molecule has 0 spiro atoms. The zero-order valence-corrected chi connectivity index (χ0v) is 10.1. The second-order valence-corrected chi connectivity index (χ2v) is 5.27. The molecule has 2 saturated carbocycles. The van der Waals surface area contributed by atoms with E-state index in [0.717, 1.165) is 5.69 Å². The van der Waals surface area contributed by atoms with Crippen LogP contribution in [0.2, 0.25) is 0 Å². The first-order valence-electron chi connectivity index (χ1n) is 6.71. The van der Waals surface area contributed by atoms with Gasteiger partial charge in [-0.2, -0.15) is 5.26 Å². The Hall–Kier alpha value is -1.37. The molecular formula is C13H18N4. The molecule has 17 heavy (non-hydrogen) atoms. The van der Waals surface area contributed by atoms with E-state index in [1.807, 2.05) is 0 Å². The molecule has 0 unspecified atom stereocenters. The van der Waals surface area contributed by atoms with Gasteiger partial charge in [0.25, 0.3) is 0 Å². The molecule has 4 nitrogen and oxygen atoms in total. The summed E-state index contributed by atoms with van der Waals surface area (Å²) in [7, 11) is 0. The fourth-order valence-electron chi connectivity index (χ4n) is 2.91. The van der Waals surface area contributed by atoms with Crippen LogP contribution in [0.1, 0.15) is 68.3 Å². The van der Waals surface area contributed by atoms with Crippen molar-refractivity contribution in [1.29, 1.82) is 5.26 Å². The van der Waals surface area contributed by atoms with E-state index in [1.54, 1.807) is 0 Å². The molecule has 0 bridgehead atoms. The molecule has 2 aliphatic rings. The van der Waals surface area contributed by atoms with Crippen molar-refractivity contribution in [3.63, 3.8) is 0 Å². The molecule has 0 N–H and O–H groups in total. The molecule has 0 aliphatic heterocycles. The van der Waals surface area contributed by atoms with Crippen molar-refractivity contribution in [2.45, 2.75) is 63.3 Å². The second-order valence-electron chi connectivity index (χ2n) is 5.27. The number of nitrogens with zero attached hydrogens (tertiary/aromatic N) is 4. The lowest BCUT2D eigenvalue weighted by atomic mass is 9.95. The van der Waals surface area contributed by atoms with Gasteiger partial charge in [0.05, 0.1) is 24.2 Å². The molecule has 90 valence electrons. The van der Waals surface area contributed by atoms with Gasteiger partial charge in [0.2, 0.25) is 0 Å². The highest BCUT2D eigenvalue weighted by atomic mass is 15.4. The second kappa shape index (κ2) is 4.48. The molecule has 0 aromatic carbocycles. The molecule has 4 heteroatoms. The number of hydrogen-bond donors (Lipinski definition) is 0. The molecule has 0 radical (unpaired) electrons. The van der Waals surface area contributed by atoms with Crippen molar-refractivity contribution in [3.05, 3.63) is 11.4 Å². The van der Waals surface area contributed by atoms with Gasteiger partial charge in [0.1, 0.15) is 5.69 Å². The third-order valence-electron chi connectivity index (χ3n) is 3.94. The van der Waals surface area contributed by atoms with Gasteiger partial charge in [-0.1, -0.05) is 24.5 Å². The van der Waals surface area contributed by atoms with Crippen LogP contribution in [0.15, 0.2) is 0 Å². The minimum absolute atomic E-state index is 0.415. The summed E-state index contributed by atoms with van der Waals surface area (Å²) >= 11 is 0. The SMILES string of the molecule is N#CCc1nnn(C2CCCCC2)c1C1CC1. The Bertz CT molecular complexity index is 433. The number of nitriles is 1. The van der Waals surface area contributed by atoms with Crippen molar-refractivity contribution in [1.82, 2.24) is 15.0 Å². The summed E-state index contributed by atoms with van der Waals surface area (Å²) < 4.78 is 2.16. The summed E-state index contributed by atoms with van der Waals surface area (Å²) in [4.78, 5) is 0. The van der Waals surface area contributed by atoms with Gasteiger partial charge < -0.3 is 0 Å². The first-order valence-corrected chi connectivity index (χ1v) is 6.71. The normalized spacial score (nSPS) is 21.4. The Kier molecular flexibility index (Phi) is 2.84. The van der Waals surface area contributed by atoms with Gasteiger partial charge in [0.15, 0.2) is 0 Å². The fraction of sp³-hybridized carbons (Fsp3) is 0.769. The highest BCUT2D eigenvalue weighted by molar-refractivity contribution is 5.23. The van der Waals surface area contributed by atoms with Crippen molar-refractivity contribution in [2.24, 2.45) is 0 Å². The standard InChI is InChI=1S/C13H18N4/c14-9-8-12-13(10-6-7-10)17(16-15-12)11-4-2-1-3-5-11/h10-11H,1-8H2. The van der Waals surface area contributed by atoms with E-state index in [0.29, 0.717) is 18.4 Å². The van der Waals surface area contributed by atoms with Crippen LogP contribution in [0.4, 0.5) is 0 Å².